The molecule has 0 radical (unpaired) electrons. The van der Waals surface area contributed by atoms with E-state index in [4.69, 9.17) is 0 Å². The summed E-state index contributed by atoms with van der Waals surface area (Å²) in [6, 6.07) is 14.2. The molecule has 0 saturated carbocycles. The summed E-state index contributed by atoms with van der Waals surface area (Å²) in [5.74, 6) is 0.0311. The van der Waals surface area contributed by atoms with Crippen molar-refractivity contribution in [2.45, 2.75) is 26.8 Å². The predicted octanol–water partition coefficient (Wildman–Crippen LogP) is 1.34. The maximum atomic E-state index is 12.6. The van der Waals surface area contributed by atoms with E-state index < -0.39 is 0 Å². The van der Waals surface area contributed by atoms with Crippen LogP contribution in [0.4, 0.5) is 5.69 Å². The number of anilines is 1. The van der Waals surface area contributed by atoms with Crippen LogP contribution in [0.25, 0.3) is 0 Å². The molecule has 142 valence electrons. The fraction of sp³-hybridized carbons (Fsp3) is 0.364. The number of carbonyl (C=O) groups excluding carboxylic acids is 2. The monoisotopic (exact) mass is 366 g/mol. The average molecular weight is 366 g/mol. The molecule has 0 saturated heterocycles. The minimum atomic E-state index is -0.0679. The maximum Gasteiger partial charge on any atom is 0.279 e. The highest BCUT2D eigenvalue weighted by Crippen LogP contribution is 2.19. The Morgan fingerprint density at radius 2 is 1.67 bits per heavy atom. The highest BCUT2D eigenvalue weighted by Gasteiger charge is 2.23. The highest BCUT2D eigenvalue weighted by atomic mass is 16.2. The van der Waals surface area contributed by atoms with Crippen LogP contribution < -0.4 is 10.2 Å². The van der Waals surface area contributed by atoms with Crippen LogP contribution in [0.5, 0.6) is 0 Å². The number of rotatable bonds is 5. The van der Waals surface area contributed by atoms with Gasteiger partial charge in [-0.2, -0.15) is 0 Å². The number of nitrogens with zero attached hydrogens (tertiary/aromatic N) is 1. The Labute approximate surface area is 161 Å². The third-order valence-electron chi connectivity index (χ3n) is 5.14. The van der Waals surface area contributed by atoms with Gasteiger partial charge in [-0.05, 0) is 42.5 Å². The van der Waals surface area contributed by atoms with Crippen molar-refractivity contribution in [1.82, 2.24) is 4.90 Å². The number of quaternary nitrogens is 1. The maximum absolute atomic E-state index is 12.6. The lowest BCUT2D eigenvalue weighted by atomic mass is 10.00. The van der Waals surface area contributed by atoms with Crippen LogP contribution in [0.1, 0.15) is 22.3 Å². The van der Waals surface area contributed by atoms with Crippen molar-refractivity contribution >= 4 is 17.5 Å². The zero-order valence-electron chi connectivity index (χ0n) is 16.3. The zero-order valence-corrected chi connectivity index (χ0v) is 16.3. The van der Waals surface area contributed by atoms with E-state index in [0.717, 1.165) is 34.7 Å². The molecule has 0 aliphatic carbocycles. The molecule has 5 nitrogen and oxygen atoms in total. The van der Waals surface area contributed by atoms with Gasteiger partial charge in [-0.3, -0.25) is 9.59 Å². The summed E-state index contributed by atoms with van der Waals surface area (Å²) in [5, 5.41) is 2.99. The van der Waals surface area contributed by atoms with Gasteiger partial charge in [0, 0.05) is 18.8 Å². The van der Waals surface area contributed by atoms with Crippen molar-refractivity contribution in [3.63, 3.8) is 0 Å². The van der Waals surface area contributed by atoms with E-state index in [0.29, 0.717) is 13.1 Å². The van der Waals surface area contributed by atoms with Crippen LogP contribution in [-0.2, 0) is 22.6 Å². The molecular weight excluding hydrogens is 338 g/mol. The minimum absolute atomic E-state index is 0.0679. The van der Waals surface area contributed by atoms with Gasteiger partial charge < -0.3 is 15.1 Å². The SMILES string of the molecule is Cc1cccc(C)c1NC(=O)C[NH+](C)CC(=O)N1CCc2ccccc2C1. The van der Waals surface area contributed by atoms with Gasteiger partial charge in [0.1, 0.15) is 0 Å². The Balaban J connectivity index is 1.52. The lowest BCUT2D eigenvalue weighted by Crippen LogP contribution is -3.11. The first-order chi connectivity index (χ1) is 12.9. The topological polar surface area (TPSA) is 53.9 Å². The second kappa shape index (κ2) is 8.35. The molecular formula is C22H28N3O2+. The summed E-state index contributed by atoms with van der Waals surface area (Å²) >= 11 is 0. The number of benzene rings is 2. The van der Waals surface area contributed by atoms with Gasteiger partial charge in [0.15, 0.2) is 13.1 Å². The van der Waals surface area contributed by atoms with Crippen molar-refractivity contribution in [2.24, 2.45) is 0 Å². The predicted molar refractivity (Wildman–Crippen MR) is 107 cm³/mol. The second-order valence-corrected chi connectivity index (χ2v) is 7.46. The molecule has 0 aromatic heterocycles. The van der Waals surface area contributed by atoms with Gasteiger partial charge in [0.05, 0.1) is 7.05 Å². The summed E-state index contributed by atoms with van der Waals surface area (Å²) in [6.45, 7) is 5.97. The number of amides is 2. The summed E-state index contributed by atoms with van der Waals surface area (Å²) in [4.78, 5) is 27.8. The number of likely N-dealkylation sites (N-methyl/N-ethyl adjacent to an activating group) is 1. The summed E-state index contributed by atoms with van der Waals surface area (Å²) in [5.41, 5.74) is 5.51. The van der Waals surface area contributed by atoms with Gasteiger partial charge in [-0.15, -0.1) is 0 Å². The molecule has 2 aromatic carbocycles. The Morgan fingerprint density at radius 3 is 2.37 bits per heavy atom. The van der Waals surface area contributed by atoms with Crippen LogP contribution in [0.3, 0.4) is 0 Å². The fourth-order valence-corrected chi connectivity index (χ4v) is 3.61. The number of para-hydroxylation sites is 1. The average Bonchev–Trinajstić information content (AvgIpc) is 2.64. The standard InChI is InChI=1S/C22H27N3O2/c1-16-7-6-8-17(2)22(16)23-20(26)14-24(3)15-21(27)25-12-11-18-9-4-5-10-19(18)13-25/h4-10H,11-15H2,1-3H3,(H,23,26)/p+1. The van der Waals surface area contributed by atoms with Gasteiger partial charge in [-0.1, -0.05) is 42.5 Å². The lowest BCUT2D eigenvalue weighted by molar-refractivity contribution is -0.862. The summed E-state index contributed by atoms with van der Waals surface area (Å²) in [7, 11) is 1.89. The molecule has 1 unspecified atom stereocenters. The third kappa shape index (κ3) is 4.74. The van der Waals surface area contributed by atoms with E-state index in [9.17, 15) is 9.59 Å². The number of hydrogen-bond acceptors (Lipinski definition) is 2. The molecule has 1 heterocycles. The molecule has 2 N–H and O–H groups in total. The van der Waals surface area contributed by atoms with Crippen LogP contribution in [0.15, 0.2) is 42.5 Å². The lowest BCUT2D eigenvalue weighted by Gasteiger charge is -2.29. The van der Waals surface area contributed by atoms with Crippen molar-refractivity contribution in [2.75, 3.05) is 32.0 Å². The fourth-order valence-electron chi connectivity index (χ4n) is 3.61. The third-order valence-corrected chi connectivity index (χ3v) is 5.14. The molecule has 1 atom stereocenters. The van der Waals surface area contributed by atoms with Crippen molar-refractivity contribution in [3.8, 4) is 0 Å². The highest BCUT2D eigenvalue weighted by molar-refractivity contribution is 5.93. The first-order valence-corrected chi connectivity index (χ1v) is 9.46. The summed E-state index contributed by atoms with van der Waals surface area (Å²) in [6.07, 6.45) is 0.897. The van der Waals surface area contributed by atoms with Gasteiger partial charge in [0.25, 0.3) is 11.8 Å². The van der Waals surface area contributed by atoms with Crippen LogP contribution in [-0.4, -0.2) is 43.4 Å². The van der Waals surface area contributed by atoms with Crippen LogP contribution >= 0.6 is 0 Å². The van der Waals surface area contributed by atoms with E-state index in [-0.39, 0.29) is 18.4 Å². The normalized spacial score (nSPS) is 14.4. The van der Waals surface area contributed by atoms with E-state index in [1.807, 2.05) is 56.1 Å². The summed E-state index contributed by atoms with van der Waals surface area (Å²) < 4.78 is 0. The van der Waals surface area contributed by atoms with E-state index >= 15 is 0 Å². The molecule has 1 aliphatic heterocycles. The molecule has 0 bridgehead atoms. The number of aryl methyl sites for hydroxylation is 2. The Hall–Kier alpha value is -2.66. The number of nitrogens with one attached hydrogen (secondary N) is 2. The number of hydrogen-bond donors (Lipinski definition) is 2. The van der Waals surface area contributed by atoms with Gasteiger partial charge in [0.2, 0.25) is 0 Å². The van der Waals surface area contributed by atoms with Crippen LogP contribution in [0, 0.1) is 13.8 Å². The molecule has 2 amide bonds. The van der Waals surface area contributed by atoms with Crippen molar-refractivity contribution in [3.05, 3.63) is 64.7 Å². The minimum Gasteiger partial charge on any atom is -0.333 e. The molecule has 5 heteroatoms. The quantitative estimate of drug-likeness (QED) is 0.839. The molecule has 3 rings (SSSR count). The second-order valence-electron chi connectivity index (χ2n) is 7.46. The Kier molecular flexibility index (Phi) is 5.91. The molecule has 0 fully saturated rings. The van der Waals surface area contributed by atoms with E-state index in [2.05, 4.69) is 17.4 Å². The van der Waals surface area contributed by atoms with Gasteiger partial charge >= 0.3 is 0 Å². The van der Waals surface area contributed by atoms with E-state index in [1.165, 1.54) is 11.1 Å². The smallest absolute Gasteiger partial charge is 0.279 e. The molecule has 1 aliphatic rings. The molecule has 2 aromatic rings. The first-order valence-electron chi connectivity index (χ1n) is 9.46. The Morgan fingerprint density at radius 1 is 1.00 bits per heavy atom. The largest absolute Gasteiger partial charge is 0.333 e. The number of carbonyl (C=O) groups is 2. The zero-order chi connectivity index (χ0) is 19.4. The number of fused-ring (bicyclic) bond motifs is 1. The van der Waals surface area contributed by atoms with E-state index in [1.54, 1.807) is 0 Å². The first kappa shape index (κ1) is 19.1. The van der Waals surface area contributed by atoms with Crippen molar-refractivity contribution in [1.29, 1.82) is 0 Å². The molecule has 27 heavy (non-hydrogen) atoms. The van der Waals surface area contributed by atoms with Crippen molar-refractivity contribution < 1.29 is 14.5 Å². The Bertz CT molecular complexity index is 827. The van der Waals surface area contributed by atoms with Crippen LogP contribution in [0.2, 0.25) is 0 Å². The van der Waals surface area contributed by atoms with Gasteiger partial charge in [-0.25, -0.2) is 0 Å². The molecule has 0 spiro atoms.